The van der Waals surface area contributed by atoms with Crippen molar-refractivity contribution in [1.82, 2.24) is 10.6 Å². The first kappa shape index (κ1) is 26.6. The second-order valence-electron chi connectivity index (χ2n) is 9.54. The first-order chi connectivity index (χ1) is 15.6. The summed E-state index contributed by atoms with van der Waals surface area (Å²) in [5, 5.41) is 47.0. The number of rotatable bonds is 10. The fourth-order valence-corrected chi connectivity index (χ4v) is 4.56. The Morgan fingerprint density at radius 3 is 2.45 bits per heavy atom. The summed E-state index contributed by atoms with van der Waals surface area (Å²) in [7, 11) is 0. The van der Waals surface area contributed by atoms with E-state index >= 15 is 0 Å². The van der Waals surface area contributed by atoms with Crippen LogP contribution in [0.5, 0.6) is 0 Å². The zero-order valence-electron chi connectivity index (χ0n) is 18.8. The Kier molecular flexibility index (Phi) is 9.02. The van der Waals surface area contributed by atoms with Crippen molar-refractivity contribution in [2.24, 2.45) is 22.9 Å². The van der Waals surface area contributed by atoms with Gasteiger partial charge in [-0.25, -0.2) is 0 Å². The summed E-state index contributed by atoms with van der Waals surface area (Å²) in [6, 6.07) is -2.13. The molecule has 1 aliphatic heterocycles. The zero-order chi connectivity index (χ0) is 24.3. The Labute approximate surface area is 193 Å². The summed E-state index contributed by atoms with van der Waals surface area (Å²) in [5.74, 6) is -0.561. The molecule has 0 aromatic rings. The fourth-order valence-electron chi connectivity index (χ4n) is 4.56. The number of aliphatic hydroxyl groups is 4. The first-order valence-corrected chi connectivity index (χ1v) is 11.6. The van der Waals surface area contributed by atoms with Crippen LogP contribution in [0.2, 0.25) is 0 Å². The molecule has 11 atom stereocenters. The molecule has 3 rings (SSSR count). The van der Waals surface area contributed by atoms with Gasteiger partial charge in [0.05, 0.1) is 30.5 Å². The van der Waals surface area contributed by atoms with Gasteiger partial charge >= 0.3 is 0 Å². The smallest absolute Gasteiger partial charge is 0.253 e. The van der Waals surface area contributed by atoms with Gasteiger partial charge < -0.3 is 63.5 Å². The molecule has 4 unspecified atom stereocenters. The number of nitrogens with two attached hydrogens (primary N) is 4. The second kappa shape index (κ2) is 11.2. The number of ether oxygens (including phenoxy) is 2. The molecule has 0 radical (unpaired) electrons. The number of aliphatic hydroxyl groups excluding tert-OH is 3. The van der Waals surface area contributed by atoms with E-state index in [1.165, 1.54) is 0 Å². The molecular formula is C20H40N6O7. The molecular weight excluding hydrogens is 436 g/mol. The first-order valence-electron chi connectivity index (χ1n) is 11.6. The molecule has 13 heteroatoms. The normalized spacial score (nSPS) is 44.3. The van der Waals surface area contributed by atoms with E-state index in [-0.39, 0.29) is 32.4 Å². The summed E-state index contributed by atoms with van der Waals surface area (Å²) < 4.78 is 11.9. The molecule has 0 aromatic heterocycles. The molecule has 33 heavy (non-hydrogen) atoms. The van der Waals surface area contributed by atoms with Crippen molar-refractivity contribution < 1.29 is 34.7 Å². The van der Waals surface area contributed by atoms with Crippen molar-refractivity contribution in [3.8, 4) is 0 Å². The molecule has 3 aliphatic rings. The average Bonchev–Trinajstić information content (AvgIpc) is 3.38. The third-order valence-electron chi connectivity index (χ3n) is 6.80. The van der Waals surface area contributed by atoms with E-state index in [0.717, 1.165) is 0 Å². The Bertz CT molecular complexity index is 650. The highest BCUT2D eigenvalue weighted by molar-refractivity contribution is 5.89. The number of hydrogen-bond donors (Lipinski definition) is 10. The lowest BCUT2D eigenvalue weighted by Gasteiger charge is -2.44. The third kappa shape index (κ3) is 6.38. The summed E-state index contributed by atoms with van der Waals surface area (Å²) in [5.41, 5.74) is 21.5. The van der Waals surface area contributed by atoms with Crippen LogP contribution in [0.4, 0.5) is 0 Å². The number of carbonyl (C=O) groups excluding carboxylic acids is 1. The molecule has 3 fully saturated rings. The second-order valence-corrected chi connectivity index (χ2v) is 9.54. The van der Waals surface area contributed by atoms with Gasteiger partial charge in [-0.05, 0) is 32.2 Å². The molecule has 13 nitrogen and oxygen atoms in total. The highest BCUT2D eigenvalue weighted by Crippen LogP contribution is 2.35. The summed E-state index contributed by atoms with van der Waals surface area (Å²) in [6.07, 6.45) is -3.39. The molecule has 0 bridgehead atoms. The van der Waals surface area contributed by atoms with Gasteiger partial charge in [-0.15, -0.1) is 0 Å². The number of carbonyl (C=O) groups is 1. The number of hydrogen-bond acceptors (Lipinski definition) is 12. The van der Waals surface area contributed by atoms with Gasteiger partial charge in [0.2, 0.25) is 0 Å². The van der Waals surface area contributed by atoms with E-state index in [4.69, 9.17) is 32.4 Å². The van der Waals surface area contributed by atoms with Gasteiger partial charge in [0, 0.05) is 37.6 Å². The Morgan fingerprint density at radius 2 is 1.88 bits per heavy atom. The molecule has 0 aromatic carbocycles. The predicted molar refractivity (Wildman–Crippen MR) is 117 cm³/mol. The van der Waals surface area contributed by atoms with Gasteiger partial charge in [0.25, 0.3) is 5.91 Å². The number of nitrogens with one attached hydrogen (secondary N) is 2. The zero-order valence-corrected chi connectivity index (χ0v) is 18.8. The lowest BCUT2D eigenvalue weighted by Crippen LogP contribution is -2.62. The molecule has 1 saturated heterocycles. The van der Waals surface area contributed by atoms with E-state index in [1.807, 2.05) is 0 Å². The summed E-state index contributed by atoms with van der Waals surface area (Å²) in [4.78, 5) is 12.2. The van der Waals surface area contributed by atoms with E-state index in [0.29, 0.717) is 19.4 Å². The molecule has 192 valence electrons. The highest BCUT2D eigenvalue weighted by atomic mass is 16.7. The van der Waals surface area contributed by atoms with Crippen LogP contribution >= 0.6 is 0 Å². The van der Waals surface area contributed by atoms with E-state index in [9.17, 15) is 25.2 Å². The molecule has 2 aliphatic carbocycles. The molecule has 14 N–H and O–H groups in total. The molecule has 1 heterocycles. The highest BCUT2D eigenvalue weighted by Gasteiger charge is 2.57. The Hall–Kier alpha value is -0.970. The van der Waals surface area contributed by atoms with Crippen LogP contribution in [0.3, 0.4) is 0 Å². The van der Waals surface area contributed by atoms with Gasteiger partial charge in [-0.2, -0.15) is 0 Å². The van der Waals surface area contributed by atoms with Crippen LogP contribution in [-0.4, -0.2) is 113 Å². The van der Waals surface area contributed by atoms with Gasteiger partial charge in [-0.1, -0.05) is 0 Å². The topological polar surface area (TPSA) is 245 Å². The fraction of sp³-hybridized carbons (Fsp3) is 0.950. The van der Waals surface area contributed by atoms with Crippen LogP contribution in [0.15, 0.2) is 0 Å². The van der Waals surface area contributed by atoms with Crippen molar-refractivity contribution in [1.29, 1.82) is 0 Å². The monoisotopic (exact) mass is 476 g/mol. The standard InChI is InChI=1S/C20H40N6O7/c21-2-1-10(27)8-25-12-5-13(28)15(7-22)32-18(12)33-17-11(23)3-9(4-14(17)29)26-19(30)20(31)6-16(20)24/h9-18,25,27-29,31H,1-8,21-24H2,(H,26,30)/t9-,10?,11+,12-,13+,14-,15-,16?,17?,18-,20?/m1/s1. The van der Waals surface area contributed by atoms with Crippen LogP contribution in [0.25, 0.3) is 0 Å². The van der Waals surface area contributed by atoms with Crippen molar-refractivity contribution >= 4 is 5.91 Å². The third-order valence-corrected chi connectivity index (χ3v) is 6.80. The van der Waals surface area contributed by atoms with Crippen molar-refractivity contribution in [2.45, 2.75) is 98.7 Å². The SMILES string of the molecule is NCCC(O)CN[C@@H]1C[C@H](O)[C@@H](CN)O[C@@H]1OC1[C@H](O)C[C@H](NC(=O)C2(O)CC2N)C[C@@H]1N. The van der Waals surface area contributed by atoms with Crippen molar-refractivity contribution in [2.75, 3.05) is 19.6 Å². The van der Waals surface area contributed by atoms with E-state index in [1.54, 1.807) is 0 Å². The maximum Gasteiger partial charge on any atom is 0.253 e. The van der Waals surface area contributed by atoms with E-state index < -0.39 is 72.5 Å². The van der Waals surface area contributed by atoms with Crippen molar-refractivity contribution in [3.63, 3.8) is 0 Å². The maximum atomic E-state index is 12.2. The van der Waals surface area contributed by atoms with Crippen LogP contribution in [-0.2, 0) is 14.3 Å². The quantitative estimate of drug-likeness (QED) is 0.142. The lowest BCUT2D eigenvalue weighted by molar-refractivity contribution is -0.265. The van der Waals surface area contributed by atoms with Gasteiger partial charge in [0.15, 0.2) is 11.9 Å². The molecule has 1 amide bonds. The Morgan fingerprint density at radius 1 is 1.18 bits per heavy atom. The minimum absolute atomic E-state index is 0.0853. The predicted octanol–water partition coefficient (Wildman–Crippen LogP) is -5.10. The average molecular weight is 477 g/mol. The minimum atomic E-state index is -1.55. The van der Waals surface area contributed by atoms with Crippen LogP contribution < -0.4 is 33.6 Å². The van der Waals surface area contributed by atoms with Crippen LogP contribution in [0.1, 0.15) is 32.1 Å². The molecule has 0 spiro atoms. The molecule has 2 saturated carbocycles. The largest absolute Gasteiger partial charge is 0.392 e. The van der Waals surface area contributed by atoms with Crippen molar-refractivity contribution in [3.05, 3.63) is 0 Å². The van der Waals surface area contributed by atoms with Crippen LogP contribution in [0, 0.1) is 0 Å². The number of amides is 1. The summed E-state index contributed by atoms with van der Waals surface area (Å²) in [6.45, 7) is 0.650. The van der Waals surface area contributed by atoms with E-state index in [2.05, 4.69) is 10.6 Å². The minimum Gasteiger partial charge on any atom is -0.392 e. The summed E-state index contributed by atoms with van der Waals surface area (Å²) >= 11 is 0. The van der Waals surface area contributed by atoms with Gasteiger partial charge in [-0.3, -0.25) is 4.79 Å². The lowest BCUT2D eigenvalue weighted by atomic mass is 9.86. The van der Waals surface area contributed by atoms with Gasteiger partial charge in [0.1, 0.15) is 6.10 Å². The maximum absolute atomic E-state index is 12.2. The Balaban J connectivity index is 1.59.